The SMILES string of the molecule is CN(Cc1ccccc1Br)c1cc(Br)ccc1CBr. The fourth-order valence-corrected chi connectivity index (χ4v) is 3.21. The van der Waals surface area contributed by atoms with Crippen LogP contribution in [0, 0.1) is 0 Å². The summed E-state index contributed by atoms with van der Waals surface area (Å²) in [5.41, 5.74) is 3.81. The lowest BCUT2D eigenvalue weighted by Crippen LogP contribution is -2.18. The molecule has 0 aromatic heterocycles. The van der Waals surface area contributed by atoms with Crippen LogP contribution in [0.1, 0.15) is 11.1 Å². The molecule has 2 rings (SSSR count). The van der Waals surface area contributed by atoms with Gasteiger partial charge in [0.2, 0.25) is 0 Å². The molecule has 4 heteroatoms. The van der Waals surface area contributed by atoms with Crippen molar-refractivity contribution in [3.8, 4) is 0 Å². The summed E-state index contributed by atoms with van der Waals surface area (Å²) in [6, 6.07) is 14.7. The van der Waals surface area contributed by atoms with E-state index in [4.69, 9.17) is 0 Å². The van der Waals surface area contributed by atoms with Crippen LogP contribution in [0.25, 0.3) is 0 Å². The molecule has 0 aliphatic heterocycles. The lowest BCUT2D eigenvalue weighted by atomic mass is 10.1. The van der Waals surface area contributed by atoms with Gasteiger partial charge in [-0.25, -0.2) is 0 Å². The van der Waals surface area contributed by atoms with Crippen LogP contribution in [-0.2, 0) is 11.9 Å². The number of halogens is 3. The summed E-state index contributed by atoms with van der Waals surface area (Å²) < 4.78 is 2.25. The first-order chi connectivity index (χ1) is 9.11. The van der Waals surface area contributed by atoms with Crippen molar-refractivity contribution in [1.29, 1.82) is 0 Å². The molecule has 0 aliphatic carbocycles. The largest absolute Gasteiger partial charge is 0.370 e. The first-order valence-electron chi connectivity index (χ1n) is 5.90. The zero-order chi connectivity index (χ0) is 13.8. The summed E-state index contributed by atoms with van der Waals surface area (Å²) in [5, 5.41) is 0.857. The Morgan fingerprint density at radius 3 is 2.42 bits per heavy atom. The Kier molecular flexibility index (Phi) is 5.48. The minimum Gasteiger partial charge on any atom is -0.370 e. The van der Waals surface area contributed by atoms with Crippen LogP contribution in [0.2, 0.25) is 0 Å². The van der Waals surface area contributed by atoms with Crippen LogP contribution in [-0.4, -0.2) is 7.05 Å². The fraction of sp³-hybridized carbons (Fsp3) is 0.200. The summed E-state index contributed by atoms with van der Waals surface area (Å²) >= 11 is 10.7. The van der Waals surface area contributed by atoms with Gasteiger partial charge in [0, 0.05) is 33.6 Å². The highest BCUT2D eigenvalue weighted by atomic mass is 79.9. The second-order valence-electron chi connectivity index (χ2n) is 4.35. The number of alkyl halides is 1. The zero-order valence-electron chi connectivity index (χ0n) is 10.5. The molecule has 0 fully saturated rings. The summed E-state index contributed by atoms with van der Waals surface area (Å²) in [4.78, 5) is 2.27. The summed E-state index contributed by atoms with van der Waals surface area (Å²) in [6.45, 7) is 0.873. The number of nitrogens with zero attached hydrogens (tertiary/aromatic N) is 1. The van der Waals surface area contributed by atoms with Gasteiger partial charge in [0.05, 0.1) is 0 Å². The summed E-state index contributed by atoms with van der Waals surface area (Å²) in [6.07, 6.45) is 0. The molecule has 0 aliphatic rings. The number of hydrogen-bond donors (Lipinski definition) is 0. The van der Waals surface area contributed by atoms with E-state index in [9.17, 15) is 0 Å². The van der Waals surface area contributed by atoms with E-state index in [1.165, 1.54) is 16.8 Å². The third kappa shape index (κ3) is 3.83. The van der Waals surface area contributed by atoms with E-state index in [0.29, 0.717) is 0 Å². The van der Waals surface area contributed by atoms with Gasteiger partial charge >= 0.3 is 0 Å². The Morgan fingerprint density at radius 1 is 1.00 bits per heavy atom. The molecule has 0 amide bonds. The van der Waals surface area contributed by atoms with Crippen LogP contribution >= 0.6 is 47.8 Å². The molecule has 1 nitrogen and oxygen atoms in total. The fourth-order valence-electron chi connectivity index (χ4n) is 1.97. The van der Waals surface area contributed by atoms with Gasteiger partial charge in [-0.05, 0) is 29.3 Å². The minimum atomic E-state index is 0.857. The average molecular weight is 448 g/mol. The summed E-state index contributed by atoms with van der Waals surface area (Å²) in [7, 11) is 2.12. The topological polar surface area (TPSA) is 3.24 Å². The van der Waals surface area contributed by atoms with Gasteiger partial charge in [-0.3, -0.25) is 0 Å². The highest BCUT2D eigenvalue weighted by Gasteiger charge is 2.09. The summed E-state index contributed by atoms with van der Waals surface area (Å²) in [5.74, 6) is 0. The van der Waals surface area contributed by atoms with Gasteiger partial charge < -0.3 is 4.90 Å². The minimum absolute atomic E-state index is 0.857. The van der Waals surface area contributed by atoms with Crippen molar-refractivity contribution >= 4 is 53.5 Å². The molecule has 2 aromatic rings. The van der Waals surface area contributed by atoms with E-state index in [0.717, 1.165) is 20.8 Å². The Balaban J connectivity index is 2.27. The van der Waals surface area contributed by atoms with Crippen molar-refractivity contribution in [2.45, 2.75) is 11.9 Å². The van der Waals surface area contributed by atoms with E-state index in [1.54, 1.807) is 0 Å². The van der Waals surface area contributed by atoms with Crippen molar-refractivity contribution in [1.82, 2.24) is 0 Å². The molecular weight excluding hydrogens is 434 g/mol. The van der Waals surface area contributed by atoms with Gasteiger partial charge in [0.25, 0.3) is 0 Å². The van der Waals surface area contributed by atoms with Crippen molar-refractivity contribution in [3.05, 3.63) is 62.5 Å². The molecule has 0 radical (unpaired) electrons. The number of hydrogen-bond acceptors (Lipinski definition) is 1. The Labute approximate surface area is 139 Å². The van der Waals surface area contributed by atoms with Crippen molar-refractivity contribution in [3.63, 3.8) is 0 Å². The Morgan fingerprint density at radius 2 is 1.74 bits per heavy atom. The highest BCUT2D eigenvalue weighted by molar-refractivity contribution is 9.10. The number of rotatable bonds is 4. The third-order valence-corrected chi connectivity index (χ3v) is 4.84. The van der Waals surface area contributed by atoms with Gasteiger partial charge in [-0.15, -0.1) is 0 Å². The molecule has 19 heavy (non-hydrogen) atoms. The molecule has 0 bridgehead atoms. The molecule has 0 N–H and O–H groups in total. The molecule has 0 saturated carbocycles. The lowest BCUT2D eigenvalue weighted by Gasteiger charge is -2.23. The highest BCUT2D eigenvalue weighted by Crippen LogP contribution is 2.28. The predicted octanol–water partition coefficient (Wildman–Crippen LogP) is 5.74. The lowest BCUT2D eigenvalue weighted by molar-refractivity contribution is 0.911. The second kappa shape index (κ2) is 6.91. The molecular formula is C15H14Br3N. The molecule has 0 unspecified atom stereocenters. The monoisotopic (exact) mass is 445 g/mol. The van der Waals surface area contributed by atoms with Crippen LogP contribution in [0.3, 0.4) is 0 Å². The van der Waals surface area contributed by atoms with Crippen molar-refractivity contribution < 1.29 is 0 Å². The van der Waals surface area contributed by atoms with Gasteiger partial charge in [-0.2, -0.15) is 0 Å². The molecule has 100 valence electrons. The van der Waals surface area contributed by atoms with E-state index in [1.807, 2.05) is 6.07 Å². The predicted molar refractivity (Wildman–Crippen MR) is 93.0 cm³/mol. The van der Waals surface area contributed by atoms with Gasteiger partial charge in [0.1, 0.15) is 0 Å². The maximum absolute atomic E-state index is 3.60. The van der Waals surface area contributed by atoms with Crippen LogP contribution in [0.4, 0.5) is 5.69 Å². The molecule has 2 aromatic carbocycles. The molecule has 0 spiro atoms. The maximum Gasteiger partial charge on any atom is 0.0437 e. The molecule has 0 atom stereocenters. The van der Waals surface area contributed by atoms with E-state index < -0.39 is 0 Å². The Bertz CT molecular complexity index is 569. The van der Waals surface area contributed by atoms with Crippen LogP contribution < -0.4 is 4.90 Å². The van der Waals surface area contributed by atoms with Crippen molar-refractivity contribution in [2.24, 2.45) is 0 Å². The average Bonchev–Trinajstić information content (AvgIpc) is 2.41. The van der Waals surface area contributed by atoms with Gasteiger partial charge in [0.15, 0.2) is 0 Å². The van der Waals surface area contributed by atoms with E-state index in [-0.39, 0.29) is 0 Å². The quantitative estimate of drug-likeness (QED) is 0.540. The number of benzene rings is 2. The second-order valence-corrected chi connectivity index (χ2v) is 6.68. The van der Waals surface area contributed by atoms with Crippen molar-refractivity contribution in [2.75, 3.05) is 11.9 Å². The van der Waals surface area contributed by atoms with E-state index in [2.05, 4.69) is 96.1 Å². The first kappa shape index (κ1) is 15.1. The molecule has 0 heterocycles. The smallest absolute Gasteiger partial charge is 0.0437 e. The van der Waals surface area contributed by atoms with Gasteiger partial charge in [-0.1, -0.05) is 72.1 Å². The first-order valence-corrected chi connectivity index (χ1v) is 8.61. The third-order valence-electron chi connectivity index (χ3n) is 2.97. The van der Waals surface area contributed by atoms with E-state index >= 15 is 0 Å². The zero-order valence-corrected chi connectivity index (χ0v) is 15.3. The maximum atomic E-state index is 3.60. The number of anilines is 1. The van der Waals surface area contributed by atoms with Crippen LogP contribution in [0.15, 0.2) is 51.4 Å². The Hall–Kier alpha value is -0.320. The standard InChI is InChI=1S/C15H14Br3N/c1-19(10-12-4-2-3-5-14(12)18)15-8-13(17)7-6-11(15)9-16/h2-8H,9-10H2,1H3. The molecule has 0 saturated heterocycles. The normalized spacial score (nSPS) is 10.5. The van der Waals surface area contributed by atoms with Crippen LogP contribution in [0.5, 0.6) is 0 Å².